The van der Waals surface area contributed by atoms with E-state index in [1.807, 2.05) is 11.8 Å². The minimum absolute atomic E-state index is 0.644. The molecule has 1 aliphatic rings. The molecule has 0 aromatic carbocycles. The van der Waals surface area contributed by atoms with Gasteiger partial charge in [0.25, 0.3) is 0 Å². The molecule has 0 radical (unpaired) electrons. The minimum Gasteiger partial charge on any atom is -0.312 e. The van der Waals surface area contributed by atoms with E-state index in [1.165, 1.54) is 12.2 Å². The van der Waals surface area contributed by atoms with Crippen LogP contribution >= 0.6 is 11.8 Å². The van der Waals surface area contributed by atoms with Gasteiger partial charge in [-0.05, 0) is 6.42 Å². The zero-order valence-corrected chi connectivity index (χ0v) is 9.34. The lowest BCUT2D eigenvalue weighted by atomic mass is 10.2. The molecule has 0 saturated carbocycles. The number of nitrogens with one attached hydrogen (secondary N) is 1. The quantitative estimate of drug-likeness (QED) is 0.741. The van der Waals surface area contributed by atoms with Gasteiger partial charge in [0.1, 0.15) is 0 Å². The third-order valence-electron chi connectivity index (χ3n) is 2.02. The van der Waals surface area contributed by atoms with Crippen molar-refractivity contribution < 1.29 is 4.21 Å². The Morgan fingerprint density at radius 2 is 2.42 bits per heavy atom. The van der Waals surface area contributed by atoms with Crippen molar-refractivity contribution in [1.29, 1.82) is 0 Å². The van der Waals surface area contributed by atoms with Crippen LogP contribution in [-0.2, 0) is 10.8 Å². The van der Waals surface area contributed by atoms with Crippen LogP contribution in [0.3, 0.4) is 0 Å². The molecule has 2 nitrogen and oxygen atoms in total. The fourth-order valence-corrected chi connectivity index (χ4v) is 2.95. The summed E-state index contributed by atoms with van der Waals surface area (Å²) in [6.07, 6.45) is 3.02. The average Bonchev–Trinajstić information content (AvgIpc) is 2.35. The number of thioether (sulfide) groups is 1. The van der Waals surface area contributed by atoms with Gasteiger partial charge in [0.2, 0.25) is 0 Å². The van der Waals surface area contributed by atoms with Crippen LogP contribution in [0.4, 0.5) is 0 Å². The van der Waals surface area contributed by atoms with Crippen molar-refractivity contribution in [2.24, 2.45) is 0 Å². The molecule has 3 atom stereocenters. The van der Waals surface area contributed by atoms with Gasteiger partial charge in [-0.2, -0.15) is 11.8 Å². The van der Waals surface area contributed by atoms with Crippen molar-refractivity contribution in [2.75, 3.05) is 24.3 Å². The fourth-order valence-electron chi connectivity index (χ4n) is 1.37. The summed E-state index contributed by atoms with van der Waals surface area (Å²) in [4.78, 5) is 0. The van der Waals surface area contributed by atoms with Gasteiger partial charge in [-0.25, -0.2) is 0 Å². The summed E-state index contributed by atoms with van der Waals surface area (Å²) in [7, 11) is -0.644. The second-order valence-corrected chi connectivity index (χ2v) is 6.33. The molecule has 1 heterocycles. The molecule has 0 aromatic heterocycles. The van der Waals surface area contributed by atoms with Crippen molar-refractivity contribution in [3.8, 4) is 0 Å². The van der Waals surface area contributed by atoms with Crippen LogP contribution < -0.4 is 5.32 Å². The summed E-state index contributed by atoms with van der Waals surface area (Å²) in [5.41, 5.74) is 0. The molecule has 1 rings (SSSR count). The largest absolute Gasteiger partial charge is 0.312 e. The highest BCUT2D eigenvalue weighted by Crippen LogP contribution is 2.25. The normalized spacial score (nSPS) is 32.2. The first kappa shape index (κ1) is 10.5. The molecule has 0 bridgehead atoms. The van der Waals surface area contributed by atoms with Crippen molar-refractivity contribution in [3.63, 3.8) is 0 Å². The Morgan fingerprint density at radius 3 is 2.92 bits per heavy atom. The third-order valence-corrected chi connectivity index (χ3v) is 4.16. The van der Waals surface area contributed by atoms with Gasteiger partial charge in [-0.15, -0.1) is 0 Å². The van der Waals surface area contributed by atoms with E-state index in [4.69, 9.17) is 0 Å². The highest BCUT2D eigenvalue weighted by Gasteiger charge is 2.20. The van der Waals surface area contributed by atoms with E-state index in [2.05, 4.69) is 12.2 Å². The summed E-state index contributed by atoms with van der Waals surface area (Å²) in [6, 6.07) is 0.661. The van der Waals surface area contributed by atoms with Crippen LogP contribution in [0.5, 0.6) is 0 Å². The molecular formula is C8H17NOS2. The highest BCUT2D eigenvalue weighted by atomic mass is 32.2. The lowest BCUT2D eigenvalue weighted by Crippen LogP contribution is -2.32. The van der Waals surface area contributed by atoms with Crippen LogP contribution in [0.2, 0.25) is 0 Å². The van der Waals surface area contributed by atoms with E-state index in [0.717, 1.165) is 17.5 Å². The van der Waals surface area contributed by atoms with E-state index in [-0.39, 0.29) is 0 Å². The topological polar surface area (TPSA) is 29.1 Å². The van der Waals surface area contributed by atoms with Gasteiger partial charge in [0, 0.05) is 46.4 Å². The first-order valence-electron chi connectivity index (χ1n) is 4.33. The third kappa shape index (κ3) is 3.92. The van der Waals surface area contributed by atoms with Crippen LogP contribution in [0.15, 0.2) is 0 Å². The number of rotatable bonds is 4. The second kappa shape index (κ2) is 5.25. The number of hydrogen-bond donors (Lipinski definition) is 1. The predicted octanol–water partition coefficient (Wildman–Crippen LogP) is 0.849. The molecule has 3 unspecified atom stereocenters. The van der Waals surface area contributed by atoms with Gasteiger partial charge in [0.05, 0.1) is 0 Å². The van der Waals surface area contributed by atoms with Crippen molar-refractivity contribution in [3.05, 3.63) is 0 Å². The van der Waals surface area contributed by atoms with Gasteiger partial charge >= 0.3 is 0 Å². The van der Waals surface area contributed by atoms with Crippen LogP contribution in [-0.4, -0.2) is 39.8 Å². The van der Waals surface area contributed by atoms with E-state index in [1.54, 1.807) is 6.26 Å². The molecular weight excluding hydrogens is 190 g/mol. The highest BCUT2D eigenvalue weighted by molar-refractivity contribution is 8.00. The summed E-state index contributed by atoms with van der Waals surface area (Å²) >= 11 is 2.03. The SMILES string of the molecule is CC1CC(NCCS(C)=O)CS1. The van der Waals surface area contributed by atoms with Crippen molar-refractivity contribution in [2.45, 2.75) is 24.6 Å². The maximum atomic E-state index is 10.7. The average molecular weight is 207 g/mol. The molecule has 0 aliphatic carbocycles. The molecule has 72 valence electrons. The maximum Gasteiger partial charge on any atom is 0.0357 e. The zero-order valence-electron chi connectivity index (χ0n) is 7.71. The first-order chi connectivity index (χ1) is 5.68. The molecule has 12 heavy (non-hydrogen) atoms. The van der Waals surface area contributed by atoms with Crippen LogP contribution in [0, 0.1) is 0 Å². The van der Waals surface area contributed by atoms with E-state index in [9.17, 15) is 4.21 Å². The second-order valence-electron chi connectivity index (χ2n) is 3.31. The van der Waals surface area contributed by atoms with Crippen molar-refractivity contribution in [1.82, 2.24) is 5.32 Å². The van der Waals surface area contributed by atoms with E-state index >= 15 is 0 Å². The molecule has 1 N–H and O–H groups in total. The molecule has 0 spiro atoms. The molecule has 4 heteroatoms. The van der Waals surface area contributed by atoms with E-state index in [0.29, 0.717) is 6.04 Å². The standard InChI is InChI=1S/C8H17NOS2/c1-7-5-8(6-11-7)9-3-4-12(2)10/h7-9H,3-6H2,1-2H3. The van der Waals surface area contributed by atoms with Gasteiger partial charge in [-0.1, -0.05) is 6.92 Å². The molecule has 0 amide bonds. The lowest BCUT2D eigenvalue weighted by molar-refractivity contribution is 0.557. The minimum atomic E-state index is -0.644. The Morgan fingerprint density at radius 1 is 1.67 bits per heavy atom. The first-order valence-corrected chi connectivity index (χ1v) is 7.11. The van der Waals surface area contributed by atoms with Crippen LogP contribution in [0.25, 0.3) is 0 Å². The van der Waals surface area contributed by atoms with Gasteiger partial charge < -0.3 is 5.32 Å². The Kier molecular flexibility index (Phi) is 4.61. The Labute approximate surface area is 81.3 Å². The summed E-state index contributed by atoms with van der Waals surface area (Å²) in [5.74, 6) is 2.01. The van der Waals surface area contributed by atoms with Gasteiger partial charge in [-0.3, -0.25) is 4.21 Å². The van der Waals surface area contributed by atoms with Crippen molar-refractivity contribution >= 4 is 22.6 Å². The molecule has 0 aromatic rings. The monoisotopic (exact) mass is 207 g/mol. The maximum absolute atomic E-state index is 10.7. The van der Waals surface area contributed by atoms with E-state index < -0.39 is 10.8 Å². The number of hydrogen-bond acceptors (Lipinski definition) is 3. The summed E-state index contributed by atoms with van der Waals surface area (Å²) in [6.45, 7) is 3.17. The Hall–Kier alpha value is 0.460. The zero-order chi connectivity index (χ0) is 8.97. The summed E-state index contributed by atoms with van der Waals surface area (Å²) < 4.78 is 10.7. The predicted molar refractivity (Wildman–Crippen MR) is 57.3 cm³/mol. The molecule has 1 saturated heterocycles. The fraction of sp³-hybridized carbons (Fsp3) is 1.00. The lowest BCUT2D eigenvalue weighted by Gasteiger charge is -2.09. The summed E-state index contributed by atoms with van der Waals surface area (Å²) in [5, 5.41) is 4.23. The Balaban J connectivity index is 2.04. The van der Waals surface area contributed by atoms with Crippen LogP contribution in [0.1, 0.15) is 13.3 Å². The molecule has 1 fully saturated rings. The smallest absolute Gasteiger partial charge is 0.0357 e. The Bertz CT molecular complexity index is 163. The molecule has 1 aliphatic heterocycles. The van der Waals surface area contributed by atoms with Gasteiger partial charge in [0.15, 0.2) is 0 Å².